The molecule has 3 aromatic heterocycles. The van der Waals surface area contributed by atoms with Gasteiger partial charge < -0.3 is 10.4 Å². The summed E-state index contributed by atoms with van der Waals surface area (Å²) in [5.74, 6) is -0.565. The normalized spacial score (nSPS) is 18.0. The van der Waals surface area contributed by atoms with Gasteiger partial charge in [0.25, 0.3) is 0 Å². The Morgan fingerprint density at radius 1 is 0.970 bits per heavy atom. The molecule has 0 radical (unpaired) electrons. The number of aromatic hydroxyl groups is 1. The Balaban J connectivity index is 1.51. The van der Waals surface area contributed by atoms with Gasteiger partial charge in [0.15, 0.2) is 0 Å². The van der Waals surface area contributed by atoms with Gasteiger partial charge in [-0.05, 0) is 76.4 Å². The van der Waals surface area contributed by atoms with Crippen LogP contribution in [-0.4, -0.2) is 46.4 Å². The number of hydrogen-bond donors (Lipinski definition) is 2. The highest BCUT2D eigenvalue weighted by Gasteiger charge is 2.39. The van der Waals surface area contributed by atoms with Gasteiger partial charge in [-0.1, -0.05) is 5.21 Å². The molecule has 5 rings (SSSR count). The van der Waals surface area contributed by atoms with E-state index in [4.69, 9.17) is 0 Å². The third-order valence-electron chi connectivity index (χ3n) is 6.09. The molecule has 4 aromatic rings. The summed E-state index contributed by atoms with van der Waals surface area (Å²) in [4.78, 5) is 3.95. The van der Waals surface area contributed by atoms with Crippen LogP contribution in [0.5, 0.6) is 5.75 Å². The van der Waals surface area contributed by atoms with Gasteiger partial charge in [-0.2, -0.15) is 0 Å². The second-order valence-corrected chi connectivity index (χ2v) is 10.0. The summed E-state index contributed by atoms with van der Waals surface area (Å²) >= 11 is 0. The zero-order chi connectivity index (χ0) is 23.4. The number of nitrogens with zero attached hydrogens (tertiary/aromatic N) is 6. The predicted molar refractivity (Wildman–Crippen MR) is 123 cm³/mol. The van der Waals surface area contributed by atoms with Crippen molar-refractivity contribution in [3.63, 3.8) is 0 Å². The van der Waals surface area contributed by atoms with Crippen molar-refractivity contribution < 1.29 is 9.50 Å². The van der Waals surface area contributed by atoms with Gasteiger partial charge in [-0.15, -0.1) is 15.3 Å². The fourth-order valence-corrected chi connectivity index (χ4v) is 5.09. The van der Waals surface area contributed by atoms with E-state index in [2.05, 4.69) is 58.5 Å². The fourth-order valence-electron chi connectivity index (χ4n) is 5.09. The summed E-state index contributed by atoms with van der Waals surface area (Å²) in [5, 5.41) is 31.6. The van der Waals surface area contributed by atoms with E-state index in [1.807, 2.05) is 4.68 Å². The van der Waals surface area contributed by atoms with Gasteiger partial charge in [0.05, 0.1) is 11.7 Å². The lowest BCUT2D eigenvalue weighted by molar-refractivity contribution is 0.127. The standard InChI is InChI=1S/C24H26FN7O/c1-23(2)12-15(13-24(3,4)30-23)32-22-20(28-31-32)11-19(27-29-22)17-9-18(25)16(10-21(17)33)14-5-7-26-8-6-14/h5-11,15,30,33H,12-13H2,1-4H3. The molecule has 2 N–H and O–H groups in total. The van der Waals surface area contributed by atoms with Gasteiger partial charge in [0.2, 0.25) is 5.65 Å². The maximum Gasteiger partial charge on any atom is 0.201 e. The van der Waals surface area contributed by atoms with Crippen molar-refractivity contribution in [2.75, 3.05) is 0 Å². The Morgan fingerprint density at radius 3 is 2.36 bits per heavy atom. The summed E-state index contributed by atoms with van der Waals surface area (Å²) in [6.07, 6.45) is 4.90. The lowest BCUT2D eigenvalue weighted by Crippen LogP contribution is -2.58. The SMILES string of the molecule is CC1(C)CC(n2nnc3cc(-c4cc(F)c(-c5ccncc5)cc4O)nnc32)CC(C)(C)N1. The zero-order valence-corrected chi connectivity index (χ0v) is 19.0. The molecule has 1 aliphatic rings. The first-order valence-electron chi connectivity index (χ1n) is 10.9. The van der Waals surface area contributed by atoms with Crippen LogP contribution in [0, 0.1) is 5.82 Å². The monoisotopic (exact) mass is 447 g/mol. The molecule has 33 heavy (non-hydrogen) atoms. The third-order valence-corrected chi connectivity index (χ3v) is 6.09. The Bertz CT molecular complexity index is 1320. The molecule has 8 nitrogen and oxygen atoms in total. The van der Waals surface area contributed by atoms with Crippen LogP contribution in [0.2, 0.25) is 0 Å². The maximum atomic E-state index is 14.9. The maximum absolute atomic E-state index is 14.9. The number of phenolic OH excluding ortho intramolecular Hbond substituents is 1. The van der Waals surface area contributed by atoms with E-state index in [0.717, 1.165) is 12.8 Å². The van der Waals surface area contributed by atoms with E-state index in [1.165, 1.54) is 12.1 Å². The van der Waals surface area contributed by atoms with Crippen molar-refractivity contribution in [1.29, 1.82) is 0 Å². The minimum Gasteiger partial charge on any atom is -0.507 e. The van der Waals surface area contributed by atoms with Gasteiger partial charge in [0.1, 0.15) is 17.1 Å². The molecule has 4 heterocycles. The van der Waals surface area contributed by atoms with Crippen LogP contribution in [0.25, 0.3) is 33.5 Å². The Labute approximate surface area is 190 Å². The minimum absolute atomic E-state index is 0.0576. The van der Waals surface area contributed by atoms with Crippen LogP contribution in [0.3, 0.4) is 0 Å². The number of benzene rings is 1. The smallest absolute Gasteiger partial charge is 0.201 e. The largest absolute Gasteiger partial charge is 0.507 e. The summed E-state index contributed by atoms with van der Waals surface area (Å²) in [6, 6.07) is 7.83. The number of nitrogens with one attached hydrogen (secondary N) is 1. The van der Waals surface area contributed by atoms with Gasteiger partial charge >= 0.3 is 0 Å². The number of phenols is 1. The molecule has 0 bridgehead atoms. The van der Waals surface area contributed by atoms with Crippen LogP contribution in [-0.2, 0) is 0 Å². The van der Waals surface area contributed by atoms with Crippen LogP contribution >= 0.6 is 0 Å². The Hall–Kier alpha value is -3.46. The minimum atomic E-state index is -0.473. The average Bonchev–Trinajstić information content (AvgIpc) is 3.17. The number of rotatable bonds is 3. The second-order valence-electron chi connectivity index (χ2n) is 10.0. The lowest BCUT2D eigenvalue weighted by Gasteiger charge is -2.46. The molecule has 0 unspecified atom stereocenters. The quantitative estimate of drug-likeness (QED) is 0.483. The number of halogens is 1. The predicted octanol–water partition coefficient (Wildman–Crippen LogP) is 4.28. The van der Waals surface area contributed by atoms with E-state index in [1.54, 1.807) is 30.6 Å². The summed E-state index contributed by atoms with van der Waals surface area (Å²) in [5.41, 5.74) is 2.50. The molecule has 1 aliphatic heterocycles. The molecule has 170 valence electrons. The molecule has 1 aromatic carbocycles. The van der Waals surface area contributed by atoms with E-state index in [9.17, 15) is 9.50 Å². The van der Waals surface area contributed by atoms with Crippen LogP contribution < -0.4 is 5.32 Å². The molecule has 0 aliphatic carbocycles. The zero-order valence-electron chi connectivity index (χ0n) is 19.0. The molecule has 0 atom stereocenters. The molecule has 0 spiro atoms. The van der Waals surface area contributed by atoms with Gasteiger partial charge in [-0.3, -0.25) is 4.98 Å². The topological polar surface area (TPSA) is 102 Å². The first-order chi connectivity index (χ1) is 15.6. The average molecular weight is 448 g/mol. The van der Waals surface area contributed by atoms with Crippen molar-refractivity contribution in [1.82, 2.24) is 35.5 Å². The van der Waals surface area contributed by atoms with Crippen LogP contribution in [0.1, 0.15) is 46.6 Å². The molecule has 1 fully saturated rings. The lowest BCUT2D eigenvalue weighted by atomic mass is 9.80. The van der Waals surface area contributed by atoms with Gasteiger partial charge in [-0.25, -0.2) is 9.07 Å². The van der Waals surface area contributed by atoms with Crippen molar-refractivity contribution >= 4 is 11.2 Å². The highest BCUT2D eigenvalue weighted by Crippen LogP contribution is 2.38. The third kappa shape index (κ3) is 4.04. The van der Waals surface area contributed by atoms with E-state index in [0.29, 0.717) is 22.4 Å². The summed E-state index contributed by atoms with van der Waals surface area (Å²) < 4.78 is 16.7. The van der Waals surface area contributed by atoms with Gasteiger partial charge in [0, 0.05) is 34.6 Å². The Kier molecular flexibility index (Phi) is 4.89. The number of hydrogen-bond acceptors (Lipinski definition) is 7. The molecular weight excluding hydrogens is 421 g/mol. The number of piperidine rings is 1. The van der Waals surface area contributed by atoms with Crippen molar-refractivity contribution in [3.05, 3.63) is 48.5 Å². The van der Waals surface area contributed by atoms with Crippen molar-refractivity contribution in [3.8, 4) is 28.1 Å². The number of aromatic nitrogens is 6. The second kappa shape index (κ2) is 7.55. The van der Waals surface area contributed by atoms with E-state index >= 15 is 0 Å². The fraction of sp³-hybridized carbons (Fsp3) is 0.375. The van der Waals surface area contributed by atoms with Crippen molar-refractivity contribution in [2.45, 2.75) is 57.7 Å². The number of fused-ring (bicyclic) bond motifs is 1. The van der Waals surface area contributed by atoms with E-state index < -0.39 is 5.82 Å². The molecule has 1 saturated heterocycles. The van der Waals surface area contributed by atoms with Crippen molar-refractivity contribution in [2.24, 2.45) is 0 Å². The first-order valence-corrected chi connectivity index (χ1v) is 10.9. The molecular formula is C24H26FN7O. The first kappa shape index (κ1) is 21.4. The highest BCUT2D eigenvalue weighted by molar-refractivity contribution is 5.79. The Morgan fingerprint density at radius 2 is 1.67 bits per heavy atom. The molecule has 0 amide bonds. The van der Waals surface area contributed by atoms with Crippen LogP contribution in [0.4, 0.5) is 4.39 Å². The highest BCUT2D eigenvalue weighted by atomic mass is 19.1. The number of pyridine rings is 1. The van der Waals surface area contributed by atoms with Crippen LogP contribution in [0.15, 0.2) is 42.7 Å². The molecule has 0 saturated carbocycles. The molecule has 9 heteroatoms. The van der Waals surface area contributed by atoms with E-state index in [-0.39, 0.29) is 34.0 Å². The summed E-state index contributed by atoms with van der Waals surface area (Å²) in [7, 11) is 0. The summed E-state index contributed by atoms with van der Waals surface area (Å²) in [6.45, 7) is 8.71.